The quantitative estimate of drug-likeness (QED) is 0.754. The molecule has 0 saturated heterocycles. The standard InChI is InChI=1S/C16H25NO2S/c1-12-3-2-4-13(9-12)7-8-17-11-15-6-5-14(20-15)10-16(18)19/h5-6,12-13,17H,2-4,7-11H2,1H3,(H,18,19). The van der Waals surface area contributed by atoms with Gasteiger partial charge in [0.25, 0.3) is 0 Å². The molecule has 0 aromatic carbocycles. The second kappa shape index (κ2) is 7.79. The van der Waals surface area contributed by atoms with Crippen LogP contribution in [0.25, 0.3) is 0 Å². The zero-order valence-corrected chi connectivity index (χ0v) is 13.0. The van der Waals surface area contributed by atoms with E-state index in [2.05, 4.69) is 12.2 Å². The second-order valence-electron chi connectivity index (χ2n) is 6.04. The first-order valence-corrected chi connectivity index (χ1v) is 8.45. The first kappa shape index (κ1) is 15.5. The Kier molecular flexibility index (Phi) is 6.05. The molecule has 1 saturated carbocycles. The van der Waals surface area contributed by atoms with Crippen molar-refractivity contribution < 1.29 is 9.90 Å². The Morgan fingerprint density at radius 1 is 1.40 bits per heavy atom. The molecule has 0 radical (unpaired) electrons. The normalized spacial score (nSPS) is 22.9. The predicted octanol–water partition coefficient (Wildman–Crippen LogP) is 3.68. The number of carboxylic acids is 1. The van der Waals surface area contributed by atoms with Crippen molar-refractivity contribution in [1.29, 1.82) is 0 Å². The lowest BCUT2D eigenvalue weighted by atomic mass is 9.81. The molecule has 0 amide bonds. The fourth-order valence-corrected chi connectivity index (χ4v) is 4.08. The maximum atomic E-state index is 10.6. The molecule has 1 heterocycles. The molecule has 20 heavy (non-hydrogen) atoms. The Morgan fingerprint density at radius 3 is 2.95 bits per heavy atom. The van der Waals surface area contributed by atoms with Crippen LogP contribution in [0.4, 0.5) is 0 Å². The number of aliphatic carboxylic acids is 1. The van der Waals surface area contributed by atoms with Crippen LogP contribution in [0, 0.1) is 11.8 Å². The Morgan fingerprint density at radius 2 is 2.20 bits per heavy atom. The fraction of sp³-hybridized carbons (Fsp3) is 0.688. The van der Waals surface area contributed by atoms with E-state index in [1.54, 1.807) is 11.3 Å². The molecule has 112 valence electrons. The molecule has 4 heteroatoms. The third-order valence-electron chi connectivity index (χ3n) is 4.12. The maximum Gasteiger partial charge on any atom is 0.308 e. The van der Waals surface area contributed by atoms with Crippen molar-refractivity contribution in [3.05, 3.63) is 21.9 Å². The molecule has 0 aliphatic heterocycles. The lowest BCUT2D eigenvalue weighted by molar-refractivity contribution is -0.136. The number of hydrogen-bond donors (Lipinski definition) is 2. The van der Waals surface area contributed by atoms with Gasteiger partial charge in [0, 0.05) is 16.3 Å². The van der Waals surface area contributed by atoms with E-state index < -0.39 is 5.97 Å². The highest BCUT2D eigenvalue weighted by Crippen LogP contribution is 2.30. The fourth-order valence-electron chi connectivity index (χ4n) is 3.10. The van der Waals surface area contributed by atoms with Gasteiger partial charge in [0.15, 0.2) is 0 Å². The van der Waals surface area contributed by atoms with Crippen molar-refractivity contribution >= 4 is 17.3 Å². The van der Waals surface area contributed by atoms with Crippen molar-refractivity contribution in [1.82, 2.24) is 5.32 Å². The lowest BCUT2D eigenvalue weighted by Gasteiger charge is -2.26. The summed E-state index contributed by atoms with van der Waals surface area (Å²) in [5, 5.41) is 12.2. The van der Waals surface area contributed by atoms with Crippen LogP contribution in [0.3, 0.4) is 0 Å². The molecule has 0 spiro atoms. The summed E-state index contributed by atoms with van der Waals surface area (Å²) < 4.78 is 0. The molecule has 1 fully saturated rings. The Bertz CT molecular complexity index is 430. The van der Waals surface area contributed by atoms with Gasteiger partial charge in [0.1, 0.15) is 0 Å². The van der Waals surface area contributed by atoms with Crippen LogP contribution < -0.4 is 5.32 Å². The van der Waals surface area contributed by atoms with E-state index in [9.17, 15) is 4.79 Å². The minimum Gasteiger partial charge on any atom is -0.481 e. The van der Waals surface area contributed by atoms with Crippen molar-refractivity contribution in [3.63, 3.8) is 0 Å². The topological polar surface area (TPSA) is 49.3 Å². The Labute approximate surface area is 125 Å². The zero-order valence-electron chi connectivity index (χ0n) is 12.2. The van der Waals surface area contributed by atoms with Crippen LogP contribution in [0.15, 0.2) is 12.1 Å². The van der Waals surface area contributed by atoms with Crippen LogP contribution in [0.1, 0.15) is 48.8 Å². The van der Waals surface area contributed by atoms with Crippen molar-refractivity contribution in [2.45, 2.75) is 52.0 Å². The van der Waals surface area contributed by atoms with Crippen molar-refractivity contribution in [3.8, 4) is 0 Å². The molecular formula is C16H25NO2S. The molecule has 1 aromatic heterocycles. The van der Waals surface area contributed by atoms with Gasteiger partial charge in [-0.2, -0.15) is 0 Å². The van der Waals surface area contributed by atoms with Gasteiger partial charge < -0.3 is 10.4 Å². The summed E-state index contributed by atoms with van der Waals surface area (Å²) in [6, 6.07) is 3.97. The molecule has 3 nitrogen and oxygen atoms in total. The summed E-state index contributed by atoms with van der Waals surface area (Å²) in [6.45, 7) is 4.31. The minimum atomic E-state index is -0.752. The maximum absolute atomic E-state index is 10.6. The first-order chi connectivity index (χ1) is 9.63. The SMILES string of the molecule is CC1CCCC(CCNCc2ccc(CC(=O)O)s2)C1. The van der Waals surface area contributed by atoms with Crippen LogP contribution in [-0.2, 0) is 17.8 Å². The third kappa shape index (κ3) is 5.25. The zero-order chi connectivity index (χ0) is 14.4. The molecule has 0 bridgehead atoms. The summed E-state index contributed by atoms with van der Waals surface area (Å²) in [6.07, 6.45) is 7.01. The average Bonchev–Trinajstić information content (AvgIpc) is 2.81. The summed E-state index contributed by atoms with van der Waals surface area (Å²) in [5.41, 5.74) is 0. The lowest BCUT2D eigenvalue weighted by Crippen LogP contribution is -2.20. The van der Waals surface area contributed by atoms with Gasteiger partial charge in [0.05, 0.1) is 6.42 Å². The largest absolute Gasteiger partial charge is 0.481 e. The highest BCUT2D eigenvalue weighted by molar-refractivity contribution is 7.12. The summed E-state index contributed by atoms with van der Waals surface area (Å²) in [7, 11) is 0. The highest BCUT2D eigenvalue weighted by Gasteiger charge is 2.18. The van der Waals surface area contributed by atoms with Crippen molar-refractivity contribution in [2.24, 2.45) is 11.8 Å². The van der Waals surface area contributed by atoms with Crippen LogP contribution in [-0.4, -0.2) is 17.6 Å². The number of hydrogen-bond acceptors (Lipinski definition) is 3. The molecule has 2 rings (SSSR count). The van der Waals surface area contributed by atoms with E-state index in [0.717, 1.165) is 29.8 Å². The number of carbonyl (C=O) groups is 1. The van der Waals surface area contributed by atoms with Crippen LogP contribution in [0.2, 0.25) is 0 Å². The molecule has 2 atom stereocenters. The van der Waals surface area contributed by atoms with Gasteiger partial charge in [-0.1, -0.05) is 26.2 Å². The van der Waals surface area contributed by atoms with Crippen molar-refractivity contribution in [2.75, 3.05) is 6.54 Å². The van der Waals surface area contributed by atoms with Crippen LogP contribution >= 0.6 is 11.3 Å². The highest BCUT2D eigenvalue weighted by atomic mass is 32.1. The second-order valence-corrected chi connectivity index (χ2v) is 7.29. The van der Waals surface area contributed by atoms with Gasteiger partial charge in [-0.25, -0.2) is 0 Å². The molecule has 1 aromatic rings. The summed E-state index contributed by atoms with van der Waals surface area (Å²) in [4.78, 5) is 12.8. The summed E-state index contributed by atoms with van der Waals surface area (Å²) >= 11 is 1.60. The van der Waals surface area contributed by atoms with E-state index in [1.807, 2.05) is 12.1 Å². The minimum absolute atomic E-state index is 0.143. The first-order valence-electron chi connectivity index (χ1n) is 7.63. The van der Waals surface area contributed by atoms with Gasteiger partial charge in [-0.3, -0.25) is 4.79 Å². The summed E-state index contributed by atoms with van der Waals surface area (Å²) in [5.74, 6) is 1.06. The molecule has 2 unspecified atom stereocenters. The van der Waals surface area contributed by atoms with Gasteiger partial charge in [-0.05, 0) is 43.4 Å². The smallest absolute Gasteiger partial charge is 0.308 e. The van der Waals surface area contributed by atoms with E-state index in [4.69, 9.17) is 5.11 Å². The Balaban J connectivity index is 1.63. The van der Waals surface area contributed by atoms with Gasteiger partial charge in [-0.15, -0.1) is 11.3 Å². The monoisotopic (exact) mass is 295 g/mol. The number of carboxylic acid groups (broad SMARTS) is 1. The van der Waals surface area contributed by atoms with Gasteiger partial charge in [0.2, 0.25) is 0 Å². The average molecular weight is 295 g/mol. The number of nitrogens with one attached hydrogen (secondary N) is 1. The van der Waals surface area contributed by atoms with E-state index >= 15 is 0 Å². The molecular weight excluding hydrogens is 270 g/mol. The Hall–Kier alpha value is -0.870. The van der Waals surface area contributed by atoms with E-state index in [1.165, 1.54) is 37.0 Å². The molecule has 2 N–H and O–H groups in total. The van der Waals surface area contributed by atoms with Crippen LogP contribution in [0.5, 0.6) is 0 Å². The van der Waals surface area contributed by atoms with Gasteiger partial charge >= 0.3 is 5.97 Å². The number of rotatable bonds is 7. The predicted molar refractivity (Wildman–Crippen MR) is 83.1 cm³/mol. The van der Waals surface area contributed by atoms with E-state index in [-0.39, 0.29) is 6.42 Å². The van der Waals surface area contributed by atoms with E-state index in [0.29, 0.717) is 0 Å². The number of thiophene rings is 1. The third-order valence-corrected chi connectivity index (χ3v) is 5.20. The molecule has 1 aliphatic rings. The molecule has 1 aliphatic carbocycles.